The zero-order chi connectivity index (χ0) is 4.83. The highest BCUT2D eigenvalue weighted by molar-refractivity contribution is 7.65. The topological polar surface area (TPSA) is 17.1 Å². The van der Waals surface area contributed by atoms with Gasteiger partial charge in [-0.1, -0.05) is 0 Å². The Morgan fingerprint density at radius 2 is 2.33 bits per heavy atom. The molecule has 0 amide bonds. The molecular weight excluding hydrogens is 120 g/mol. The number of rotatable bonds is 3. The van der Waals surface area contributed by atoms with Gasteiger partial charge in [0, 0.05) is 16.5 Å². The van der Waals surface area contributed by atoms with E-state index < -0.39 is 0 Å². The first kappa shape index (κ1) is 6.31. The second-order valence-corrected chi connectivity index (χ2v) is 1.89. The van der Waals surface area contributed by atoms with Gasteiger partial charge in [-0.15, -0.1) is 11.6 Å². The van der Waals surface area contributed by atoms with E-state index in [0.717, 1.165) is 6.42 Å². The summed E-state index contributed by atoms with van der Waals surface area (Å²) in [4.78, 5) is 0. The number of hydrogen-bond acceptors (Lipinski definition) is 1. The molecule has 0 spiro atoms. The molecule has 0 heterocycles. The van der Waals surface area contributed by atoms with E-state index in [0.29, 0.717) is 23.3 Å². The molecule has 3 heteroatoms. The Bertz CT molecular complexity index is 39.8. The van der Waals surface area contributed by atoms with Gasteiger partial charge in [0.25, 0.3) is 0 Å². The van der Waals surface area contributed by atoms with Gasteiger partial charge in [0.05, 0.1) is 0 Å². The third-order valence-electron chi connectivity index (χ3n) is 0.361. The molecule has 0 bridgehead atoms. The Labute approximate surface area is 46.2 Å². The van der Waals surface area contributed by atoms with Crippen LogP contribution >= 0.6 is 11.6 Å². The minimum atomic E-state index is 0.592. The normalized spacial score (nSPS) is 8.17. The molecule has 0 N–H and O–H groups in total. The van der Waals surface area contributed by atoms with E-state index in [1.54, 1.807) is 0 Å². The summed E-state index contributed by atoms with van der Waals surface area (Å²) in [5.41, 5.74) is 0. The molecule has 0 radical (unpaired) electrons. The highest BCUT2D eigenvalue weighted by Gasteiger charge is 1.92. The van der Waals surface area contributed by atoms with E-state index in [-0.39, 0.29) is 0 Å². The highest BCUT2D eigenvalue weighted by Crippen LogP contribution is 1.80. The van der Waals surface area contributed by atoms with Gasteiger partial charge in [0.2, 0.25) is 5.75 Å². The van der Waals surface area contributed by atoms with Crippen LogP contribution in [0.4, 0.5) is 0 Å². The second-order valence-electron chi connectivity index (χ2n) is 0.865. The molecule has 0 aliphatic heterocycles. The van der Waals surface area contributed by atoms with Gasteiger partial charge in [-0.3, -0.25) is 0 Å². The lowest BCUT2D eigenvalue weighted by Gasteiger charge is -1.67. The molecule has 0 rings (SSSR count). The van der Waals surface area contributed by atoms with Crippen LogP contribution < -0.4 is 0 Å². The molecule has 0 atom stereocenters. The van der Waals surface area contributed by atoms with Crippen molar-refractivity contribution >= 4 is 23.3 Å². The van der Waals surface area contributed by atoms with Crippen LogP contribution in [0.1, 0.15) is 6.42 Å². The average Bonchev–Trinajstić information content (AvgIpc) is 1.61. The van der Waals surface area contributed by atoms with E-state index in [9.17, 15) is 4.21 Å². The maximum Gasteiger partial charge on any atom is 0.458 e. The molecule has 0 fully saturated rings. The molecule has 1 nitrogen and oxygen atoms in total. The summed E-state index contributed by atoms with van der Waals surface area (Å²) in [6.07, 6.45) is 0.829. The van der Waals surface area contributed by atoms with Crippen molar-refractivity contribution in [2.45, 2.75) is 6.42 Å². The van der Waals surface area contributed by atoms with Crippen LogP contribution in [-0.4, -0.2) is 11.6 Å². The van der Waals surface area contributed by atoms with Gasteiger partial charge in [-0.25, -0.2) is 0 Å². The third-order valence-corrected chi connectivity index (χ3v) is 1.08. The largest absolute Gasteiger partial charge is 0.458 e. The van der Waals surface area contributed by atoms with Crippen LogP contribution in [0.15, 0.2) is 0 Å². The molecule has 0 aromatic rings. The summed E-state index contributed by atoms with van der Waals surface area (Å²) in [6.45, 7) is 0. The Morgan fingerprint density at radius 3 is 2.50 bits per heavy atom. The van der Waals surface area contributed by atoms with Gasteiger partial charge < -0.3 is 0 Å². The summed E-state index contributed by atoms with van der Waals surface area (Å²) in [6, 6.07) is 0. The van der Waals surface area contributed by atoms with E-state index in [2.05, 4.69) is 0 Å². The average molecular weight is 126 g/mol. The van der Waals surface area contributed by atoms with E-state index >= 15 is 0 Å². The van der Waals surface area contributed by atoms with Crippen molar-refractivity contribution in [2.75, 3.05) is 11.6 Å². The first-order valence-corrected chi connectivity index (χ1v) is 3.17. The zero-order valence-electron chi connectivity index (χ0n) is 3.32. The SMILES string of the molecule is O=[S+]CCCCl. The van der Waals surface area contributed by atoms with Crippen molar-refractivity contribution in [3.8, 4) is 0 Å². The minimum absolute atomic E-state index is 0.592. The maximum atomic E-state index is 9.55. The Morgan fingerprint density at radius 1 is 1.67 bits per heavy atom. The Hall–Kier alpha value is 0.310. The highest BCUT2D eigenvalue weighted by atomic mass is 35.5. The lowest BCUT2D eigenvalue weighted by atomic mass is 10.6. The summed E-state index contributed by atoms with van der Waals surface area (Å²) >= 11 is 5.82. The Balaban J connectivity index is 2.49. The minimum Gasteiger partial charge on any atom is -0.127 e. The van der Waals surface area contributed by atoms with Crippen molar-refractivity contribution in [1.82, 2.24) is 0 Å². The standard InChI is InChI=1S/C3H6ClOS/c4-2-1-3-6-5/h1-3H2/q+1. The van der Waals surface area contributed by atoms with Crippen LogP contribution in [-0.2, 0) is 15.9 Å². The molecular formula is C3H6ClOS+. The van der Waals surface area contributed by atoms with Gasteiger partial charge in [-0.2, -0.15) is 0 Å². The second kappa shape index (κ2) is 5.31. The molecule has 0 saturated heterocycles. The van der Waals surface area contributed by atoms with Crippen molar-refractivity contribution in [1.29, 1.82) is 0 Å². The van der Waals surface area contributed by atoms with E-state index in [1.165, 1.54) is 0 Å². The predicted molar refractivity (Wildman–Crippen MR) is 28.3 cm³/mol. The fraction of sp³-hybridized carbons (Fsp3) is 1.00. The predicted octanol–water partition coefficient (Wildman–Crippen LogP) is 1.04. The first-order valence-electron chi connectivity index (χ1n) is 1.72. The van der Waals surface area contributed by atoms with E-state index in [1.807, 2.05) is 0 Å². The number of alkyl halides is 1. The van der Waals surface area contributed by atoms with Crippen molar-refractivity contribution in [3.05, 3.63) is 0 Å². The zero-order valence-corrected chi connectivity index (χ0v) is 4.89. The van der Waals surface area contributed by atoms with E-state index in [4.69, 9.17) is 11.6 Å². The lowest BCUT2D eigenvalue weighted by molar-refractivity contribution is 0.604. The summed E-state index contributed by atoms with van der Waals surface area (Å²) in [5.74, 6) is 1.25. The summed E-state index contributed by atoms with van der Waals surface area (Å²) in [7, 11) is 0. The van der Waals surface area contributed by atoms with Crippen molar-refractivity contribution < 1.29 is 4.21 Å². The fourth-order valence-corrected chi connectivity index (χ4v) is 0.668. The lowest BCUT2D eigenvalue weighted by Crippen LogP contribution is -1.79. The molecule has 0 aromatic carbocycles. The van der Waals surface area contributed by atoms with Crippen LogP contribution in [0, 0.1) is 0 Å². The van der Waals surface area contributed by atoms with Crippen LogP contribution in [0.25, 0.3) is 0 Å². The molecule has 0 unspecified atom stereocenters. The molecule has 0 aromatic heterocycles. The third kappa shape index (κ3) is 4.31. The quantitative estimate of drug-likeness (QED) is 0.313. The van der Waals surface area contributed by atoms with Gasteiger partial charge >= 0.3 is 11.7 Å². The fourth-order valence-electron chi connectivity index (χ4n) is 0.113. The van der Waals surface area contributed by atoms with Crippen LogP contribution in [0.3, 0.4) is 0 Å². The molecule has 6 heavy (non-hydrogen) atoms. The number of hydrogen-bond donors (Lipinski definition) is 0. The van der Waals surface area contributed by atoms with Gasteiger partial charge in [0.1, 0.15) is 0 Å². The maximum absolute atomic E-state index is 9.55. The molecule has 0 aliphatic rings. The monoisotopic (exact) mass is 125 g/mol. The van der Waals surface area contributed by atoms with Crippen molar-refractivity contribution in [3.63, 3.8) is 0 Å². The van der Waals surface area contributed by atoms with Gasteiger partial charge in [-0.05, 0) is 0 Å². The molecule has 36 valence electrons. The summed E-state index contributed by atoms with van der Waals surface area (Å²) in [5, 5.41) is 0. The summed E-state index contributed by atoms with van der Waals surface area (Å²) < 4.78 is 9.55. The molecule has 0 aliphatic carbocycles. The van der Waals surface area contributed by atoms with Crippen LogP contribution in [0.2, 0.25) is 0 Å². The van der Waals surface area contributed by atoms with Gasteiger partial charge in [0.15, 0.2) is 0 Å². The Kier molecular flexibility index (Phi) is 5.58. The van der Waals surface area contributed by atoms with Crippen molar-refractivity contribution in [2.24, 2.45) is 0 Å². The van der Waals surface area contributed by atoms with Crippen LogP contribution in [0.5, 0.6) is 0 Å². The first-order chi connectivity index (χ1) is 2.91. The smallest absolute Gasteiger partial charge is 0.127 e. The molecule has 0 saturated carbocycles. The number of halogens is 1.